The molecule has 1 unspecified atom stereocenters. The number of rotatable bonds is 51. The van der Waals surface area contributed by atoms with Crippen LogP contribution in [-0.2, 0) is 23.8 Å². The third-order valence-electron chi connectivity index (χ3n) is 12.2. The Morgan fingerprint density at radius 3 is 1.16 bits per heavy atom. The van der Waals surface area contributed by atoms with Crippen LogP contribution in [0.2, 0.25) is 0 Å². The van der Waals surface area contributed by atoms with E-state index in [4.69, 9.17) is 14.2 Å². The second-order valence-electron chi connectivity index (χ2n) is 18.5. The third-order valence-corrected chi connectivity index (χ3v) is 12.2. The highest BCUT2D eigenvalue weighted by Crippen LogP contribution is 2.16. The molecular formula is C57H106O5. The van der Waals surface area contributed by atoms with Crippen molar-refractivity contribution < 1.29 is 23.8 Å². The van der Waals surface area contributed by atoms with Crippen LogP contribution in [0.15, 0.2) is 36.5 Å². The molecule has 0 aliphatic rings. The van der Waals surface area contributed by atoms with Gasteiger partial charge in [-0.05, 0) is 51.4 Å². The molecule has 0 fully saturated rings. The quantitative estimate of drug-likeness (QED) is 0.0346. The maximum atomic E-state index is 12.8. The summed E-state index contributed by atoms with van der Waals surface area (Å²) >= 11 is 0. The first-order valence-electron chi connectivity index (χ1n) is 27.5. The summed E-state index contributed by atoms with van der Waals surface area (Å²) in [4.78, 5) is 25.5. The fourth-order valence-corrected chi connectivity index (χ4v) is 8.12. The van der Waals surface area contributed by atoms with Crippen molar-refractivity contribution in [3.63, 3.8) is 0 Å². The number of carbonyl (C=O) groups excluding carboxylic acids is 2. The van der Waals surface area contributed by atoms with Crippen molar-refractivity contribution in [2.24, 2.45) is 0 Å². The van der Waals surface area contributed by atoms with Gasteiger partial charge in [0.1, 0.15) is 6.61 Å². The van der Waals surface area contributed by atoms with Crippen LogP contribution in [0, 0.1) is 0 Å². The second-order valence-corrected chi connectivity index (χ2v) is 18.5. The van der Waals surface area contributed by atoms with Crippen LogP contribution in [0.5, 0.6) is 0 Å². The first-order chi connectivity index (χ1) is 30.6. The molecule has 0 aromatic rings. The first-order valence-corrected chi connectivity index (χ1v) is 27.5. The molecule has 0 bridgehead atoms. The molecule has 0 rings (SSSR count). The third kappa shape index (κ3) is 50.8. The number of hydrogen-bond donors (Lipinski definition) is 0. The maximum Gasteiger partial charge on any atom is 0.306 e. The van der Waals surface area contributed by atoms with Gasteiger partial charge in [0, 0.05) is 19.4 Å². The van der Waals surface area contributed by atoms with Crippen LogP contribution in [0.3, 0.4) is 0 Å². The summed E-state index contributed by atoms with van der Waals surface area (Å²) in [5.41, 5.74) is 0. The molecule has 0 aromatic heterocycles. The number of hydrogen-bond acceptors (Lipinski definition) is 5. The van der Waals surface area contributed by atoms with Gasteiger partial charge in [-0.25, -0.2) is 0 Å². The second kappa shape index (κ2) is 53.5. The van der Waals surface area contributed by atoms with Gasteiger partial charge in [0.25, 0.3) is 0 Å². The number of ether oxygens (including phenoxy) is 3. The molecule has 1 atom stereocenters. The SMILES string of the molecule is CC/C=C\C/C=C\C/C=C\CCCCCCCCCC(=O)OCC(COCCCCCCCCCCCCCC)OC(=O)CCCCCCCCCCCCCCCCCCC. The highest BCUT2D eigenvalue weighted by Gasteiger charge is 2.17. The van der Waals surface area contributed by atoms with Crippen molar-refractivity contribution in [1.29, 1.82) is 0 Å². The number of allylic oxidation sites excluding steroid dienone is 6. The Morgan fingerprint density at radius 1 is 0.371 bits per heavy atom. The van der Waals surface area contributed by atoms with E-state index in [1.165, 1.54) is 193 Å². The zero-order valence-electron chi connectivity index (χ0n) is 41.9. The normalized spacial score (nSPS) is 12.4. The average molecular weight is 871 g/mol. The monoisotopic (exact) mass is 871 g/mol. The molecule has 62 heavy (non-hydrogen) atoms. The lowest BCUT2D eigenvalue weighted by atomic mass is 10.0. The van der Waals surface area contributed by atoms with Crippen LogP contribution >= 0.6 is 0 Å². The lowest BCUT2D eigenvalue weighted by Gasteiger charge is -2.18. The van der Waals surface area contributed by atoms with Crippen molar-refractivity contribution in [3.8, 4) is 0 Å². The summed E-state index contributed by atoms with van der Waals surface area (Å²) in [5.74, 6) is -0.389. The van der Waals surface area contributed by atoms with Gasteiger partial charge >= 0.3 is 11.9 Å². The zero-order chi connectivity index (χ0) is 44.9. The molecule has 5 heteroatoms. The number of esters is 2. The van der Waals surface area contributed by atoms with Gasteiger partial charge in [0.15, 0.2) is 6.10 Å². The van der Waals surface area contributed by atoms with E-state index in [0.29, 0.717) is 26.1 Å². The average Bonchev–Trinajstić information content (AvgIpc) is 3.27. The summed E-state index contributed by atoms with van der Waals surface area (Å²) in [6.07, 6.45) is 64.4. The summed E-state index contributed by atoms with van der Waals surface area (Å²) in [5, 5.41) is 0. The Bertz CT molecular complexity index is 986. The Hall–Kier alpha value is -1.88. The van der Waals surface area contributed by atoms with Crippen LogP contribution in [0.25, 0.3) is 0 Å². The fraction of sp³-hybridized carbons (Fsp3) is 0.860. The molecule has 364 valence electrons. The molecule has 0 radical (unpaired) electrons. The van der Waals surface area contributed by atoms with Crippen molar-refractivity contribution >= 4 is 11.9 Å². The molecule has 0 heterocycles. The highest BCUT2D eigenvalue weighted by atomic mass is 16.6. The van der Waals surface area contributed by atoms with E-state index in [0.717, 1.165) is 64.2 Å². The van der Waals surface area contributed by atoms with Crippen LogP contribution in [0.4, 0.5) is 0 Å². The van der Waals surface area contributed by atoms with Gasteiger partial charge in [0.05, 0.1) is 6.61 Å². The molecule has 0 spiro atoms. The van der Waals surface area contributed by atoms with E-state index in [9.17, 15) is 9.59 Å². The molecule has 0 saturated carbocycles. The maximum absolute atomic E-state index is 12.8. The minimum Gasteiger partial charge on any atom is -0.462 e. The van der Waals surface area contributed by atoms with Crippen LogP contribution in [-0.4, -0.2) is 37.9 Å². The Labute approximate surface area is 387 Å². The smallest absolute Gasteiger partial charge is 0.306 e. The molecule has 5 nitrogen and oxygen atoms in total. The molecule has 0 N–H and O–H groups in total. The van der Waals surface area contributed by atoms with Crippen molar-refractivity contribution in [2.75, 3.05) is 19.8 Å². The van der Waals surface area contributed by atoms with E-state index in [1.807, 2.05) is 0 Å². The predicted molar refractivity (Wildman–Crippen MR) is 270 cm³/mol. The van der Waals surface area contributed by atoms with Crippen molar-refractivity contribution in [2.45, 2.75) is 297 Å². The molecule has 0 aliphatic carbocycles. The van der Waals surface area contributed by atoms with E-state index in [1.54, 1.807) is 0 Å². The summed E-state index contributed by atoms with van der Waals surface area (Å²) in [7, 11) is 0. The minimum atomic E-state index is -0.533. The van der Waals surface area contributed by atoms with Gasteiger partial charge in [-0.1, -0.05) is 263 Å². The number of carbonyl (C=O) groups is 2. The Balaban J connectivity index is 4.21. The van der Waals surface area contributed by atoms with E-state index in [2.05, 4.69) is 57.2 Å². The van der Waals surface area contributed by atoms with Gasteiger partial charge in [-0.2, -0.15) is 0 Å². The van der Waals surface area contributed by atoms with Gasteiger partial charge in [-0.15, -0.1) is 0 Å². The summed E-state index contributed by atoms with van der Waals surface area (Å²) in [6, 6.07) is 0. The van der Waals surface area contributed by atoms with E-state index < -0.39 is 6.10 Å². The minimum absolute atomic E-state index is 0.0864. The van der Waals surface area contributed by atoms with E-state index >= 15 is 0 Å². The standard InChI is InChI=1S/C57H106O5/c1-4-7-10-13-16-19-22-25-27-29-31-33-35-38-41-44-47-50-56(58)61-54-55(53-60-52-49-46-43-40-37-24-21-18-15-12-9-6-3)62-57(59)51-48-45-42-39-36-34-32-30-28-26-23-20-17-14-11-8-5-2/h7,10,16,19,25,27,55H,4-6,8-9,11-15,17-18,20-24,26,28-54H2,1-3H3/b10-7-,19-16-,27-25-. The molecule has 0 saturated heterocycles. The predicted octanol–water partition coefficient (Wildman–Crippen LogP) is 18.6. The summed E-state index contributed by atoms with van der Waals surface area (Å²) in [6.45, 7) is 7.77. The Kier molecular flexibility index (Phi) is 51.8. The van der Waals surface area contributed by atoms with Gasteiger partial charge in [-0.3, -0.25) is 9.59 Å². The fourth-order valence-electron chi connectivity index (χ4n) is 8.12. The largest absolute Gasteiger partial charge is 0.462 e. The molecule has 0 aromatic carbocycles. The van der Waals surface area contributed by atoms with Crippen LogP contribution in [0.1, 0.15) is 290 Å². The van der Waals surface area contributed by atoms with Crippen molar-refractivity contribution in [3.05, 3.63) is 36.5 Å². The van der Waals surface area contributed by atoms with E-state index in [-0.39, 0.29) is 18.5 Å². The Morgan fingerprint density at radius 2 is 0.726 bits per heavy atom. The van der Waals surface area contributed by atoms with Crippen LogP contribution < -0.4 is 0 Å². The van der Waals surface area contributed by atoms with Crippen molar-refractivity contribution in [1.82, 2.24) is 0 Å². The van der Waals surface area contributed by atoms with Gasteiger partial charge in [0.2, 0.25) is 0 Å². The lowest BCUT2D eigenvalue weighted by Crippen LogP contribution is -2.30. The lowest BCUT2D eigenvalue weighted by molar-refractivity contribution is -0.163. The number of unbranched alkanes of at least 4 members (excludes halogenated alkanes) is 34. The highest BCUT2D eigenvalue weighted by molar-refractivity contribution is 5.70. The summed E-state index contributed by atoms with van der Waals surface area (Å²) < 4.78 is 17.4. The molecule has 0 amide bonds. The molecule has 0 aliphatic heterocycles. The van der Waals surface area contributed by atoms with Gasteiger partial charge < -0.3 is 14.2 Å². The molecular weight excluding hydrogens is 765 g/mol. The topological polar surface area (TPSA) is 61.8 Å². The first kappa shape index (κ1) is 60.1. The zero-order valence-corrected chi connectivity index (χ0v) is 41.9.